The molecule has 0 spiro atoms. The van der Waals surface area contributed by atoms with E-state index in [1.807, 2.05) is 0 Å². The summed E-state index contributed by atoms with van der Waals surface area (Å²) in [6, 6.07) is 4.64. The number of hydrogen-bond donors (Lipinski definition) is 1. The minimum Gasteiger partial charge on any atom is -0.477 e. The van der Waals surface area contributed by atoms with Crippen LogP contribution in [0.4, 0.5) is 0 Å². The lowest BCUT2D eigenvalue weighted by molar-refractivity contribution is -0.132. The maximum absolute atomic E-state index is 12.5. The molecule has 0 aromatic carbocycles. The smallest absolute Gasteiger partial charge is 0.354 e. The van der Waals surface area contributed by atoms with Crippen molar-refractivity contribution in [2.24, 2.45) is 0 Å². The average Bonchev–Trinajstić information content (AvgIpc) is 3.31. The molecule has 0 aliphatic carbocycles. The third-order valence-electron chi connectivity index (χ3n) is 4.15. The van der Waals surface area contributed by atoms with Gasteiger partial charge in [-0.15, -0.1) is 11.3 Å². The highest BCUT2D eigenvalue weighted by Crippen LogP contribution is 2.22. The Morgan fingerprint density at radius 3 is 2.54 bits per heavy atom. The molecule has 1 fully saturated rings. The number of hydrogen-bond acceptors (Lipinski definition) is 6. The Morgan fingerprint density at radius 2 is 1.92 bits per heavy atom. The second-order valence-electron chi connectivity index (χ2n) is 5.71. The first-order chi connectivity index (χ1) is 12.4. The molecule has 1 aliphatic heterocycles. The fraction of sp³-hybridized carbons (Fsp3) is 0.400. The van der Waals surface area contributed by atoms with Gasteiger partial charge in [-0.1, -0.05) is 6.07 Å². The normalized spacial score (nSPS) is 15.9. The molecule has 11 heteroatoms. The molecule has 0 unspecified atom stereocenters. The Bertz CT molecular complexity index is 883. The largest absolute Gasteiger partial charge is 0.477 e. The molecule has 0 saturated carbocycles. The van der Waals surface area contributed by atoms with E-state index in [0.717, 1.165) is 0 Å². The second-order valence-corrected chi connectivity index (χ2v) is 8.82. The van der Waals surface area contributed by atoms with E-state index < -0.39 is 16.0 Å². The van der Waals surface area contributed by atoms with E-state index in [0.29, 0.717) is 17.3 Å². The molecule has 26 heavy (non-hydrogen) atoms. The number of thiophene rings is 1. The molecule has 2 aromatic heterocycles. The van der Waals surface area contributed by atoms with Crippen LogP contribution in [0.25, 0.3) is 0 Å². The third kappa shape index (κ3) is 3.79. The summed E-state index contributed by atoms with van der Waals surface area (Å²) < 4.78 is 27.9. The number of nitrogens with zero attached hydrogens (tertiary/aromatic N) is 4. The maximum Gasteiger partial charge on any atom is 0.354 e. The van der Waals surface area contributed by atoms with Crippen molar-refractivity contribution in [3.63, 3.8) is 0 Å². The highest BCUT2D eigenvalue weighted by molar-refractivity contribution is 7.91. The van der Waals surface area contributed by atoms with E-state index in [2.05, 4.69) is 5.10 Å². The number of sulfonamides is 1. The minimum absolute atomic E-state index is 0.0321. The lowest BCUT2D eigenvalue weighted by atomic mass is 10.3. The highest BCUT2D eigenvalue weighted by Gasteiger charge is 2.30. The van der Waals surface area contributed by atoms with Gasteiger partial charge in [-0.2, -0.15) is 9.40 Å². The number of carbonyl (C=O) groups excluding carboxylic acids is 1. The Labute approximate surface area is 154 Å². The van der Waals surface area contributed by atoms with Crippen LogP contribution in [-0.2, 0) is 21.4 Å². The summed E-state index contributed by atoms with van der Waals surface area (Å²) in [6.45, 7) is 1.28. The number of piperazine rings is 1. The molecule has 0 radical (unpaired) electrons. The third-order valence-corrected chi connectivity index (χ3v) is 7.43. The van der Waals surface area contributed by atoms with Crippen LogP contribution in [-0.4, -0.2) is 70.6 Å². The molecule has 1 amide bonds. The van der Waals surface area contributed by atoms with Crippen molar-refractivity contribution in [3.05, 3.63) is 35.5 Å². The first-order valence-electron chi connectivity index (χ1n) is 7.96. The standard InChI is InChI=1S/C15H18N4O5S2/c20-13(4-6-19-12(15(21)22)3-5-16-19)17-7-9-18(10-8-17)26(23,24)14-2-1-11-25-14/h1-3,5,11H,4,6-10H2,(H,21,22). The van der Waals surface area contributed by atoms with Crippen molar-refractivity contribution >= 4 is 33.2 Å². The van der Waals surface area contributed by atoms with Crippen molar-refractivity contribution in [1.29, 1.82) is 0 Å². The zero-order chi connectivity index (χ0) is 18.7. The maximum atomic E-state index is 12.5. The molecule has 1 N–H and O–H groups in total. The predicted octanol–water partition coefficient (Wildman–Crippen LogP) is 0.566. The summed E-state index contributed by atoms with van der Waals surface area (Å²) in [7, 11) is -3.50. The fourth-order valence-corrected chi connectivity index (χ4v) is 5.33. The number of aromatic carboxylic acids is 1. The van der Waals surface area contributed by atoms with Crippen molar-refractivity contribution < 1.29 is 23.1 Å². The minimum atomic E-state index is -3.50. The van der Waals surface area contributed by atoms with Gasteiger partial charge in [0.2, 0.25) is 5.91 Å². The van der Waals surface area contributed by atoms with Gasteiger partial charge in [0, 0.05) is 38.8 Å². The first kappa shape index (κ1) is 18.5. The molecule has 3 rings (SSSR count). The van der Waals surface area contributed by atoms with E-state index in [-0.39, 0.29) is 37.7 Å². The lowest BCUT2D eigenvalue weighted by Crippen LogP contribution is -2.50. The van der Waals surface area contributed by atoms with Gasteiger partial charge >= 0.3 is 5.97 Å². The van der Waals surface area contributed by atoms with Gasteiger partial charge < -0.3 is 10.0 Å². The molecule has 3 heterocycles. The molecule has 0 bridgehead atoms. The van der Waals surface area contributed by atoms with Crippen LogP contribution < -0.4 is 0 Å². The van der Waals surface area contributed by atoms with Crippen LogP contribution in [0.2, 0.25) is 0 Å². The summed E-state index contributed by atoms with van der Waals surface area (Å²) in [5, 5.41) is 14.7. The number of aromatic nitrogens is 2. The van der Waals surface area contributed by atoms with Crippen LogP contribution in [0.15, 0.2) is 34.0 Å². The molecule has 9 nitrogen and oxygen atoms in total. The lowest BCUT2D eigenvalue weighted by Gasteiger charge is -2.33. The Balaban J connectivity index is 1.54. The van der Waals surface area contributed by atoms with Gasteiger partial charge in [-0.05, 0) is 17.5 Å². The van der Waals surface area contributed by atoms with Crippen LogP contribution in [0, 0.1) is 0 Å². The molecule has 0 atom stereocenters. The molecule has 2 aromatic rings. The Kier molecular flexibility index (Phi) is 5.39. The number of amides is 1. The quantitative estimate of drug-likeness (QED) is 0.761. The van der Waals surface area contributed by atoms with Gasteiger partial charge in [0.25, 0.3) is 10.0 Å². The summed E-state index contributed by atoms with van der Waals surface area (Å²) in [5.74, 6) is -1.24. The van der Waals surface area contributed by atoms with E-state index in [4.69, 9.17) is 5.11 Å². The zero-order valence-corrected chi connectivity index (χ0v) is 15.4. The topological polar surface area (TPSA) is 113 Å². The van der Waals surface area contributed by atoms with E-state index in [1.54, 1.807) is 22.4 Å². The van der Waals surface area contributed by atoms with Gasteiger partial charge in [0.1, 0.15) is 9.90 Å². The number of carbonyl (C=O) groups is 2. The molecular formula is C15H18N4O5S2. The van der Waals surface area contributed by atoms with Crippen LogP contribution in [0.1, 0.15) is 16.9 Å². The van der Waals surface area contributed by atoms with Crippen LogP contribution in [0.5, 0.6) is 0 Å². The molecule has 1 aliphatic rings. The molecule has 140 valence electrons. The van der Waals surface area contributed by atoms with Crippen molar-refractivity contribution in [1.82, 2.24) is 19.0 Å². The molecule has 1 saturated heterocycles. The number of carboxylic acids is 1. The summed E-state index contributed by atoms with van der Waals surface area (Å²) >= 11 is 1.17. The number of aryl methyl sites for hydroxylation is 1. The first-order valence-corrected chi connectivity index (χ1v) is 10.3. The van der Waals surface area contributed by atoms with E-state index >= 15 is 0 Å². The highest BCUT2D eigenvalue weighted by atomic mass is 32.2. The van der Waals surface area contributed by atoms with Crippen LogP contribution in [0.3, 0.4) is 0 Å². The van der Waals surface area contributed by atoms with E-state index in [9.17, 15) is 18.0 Å². The predicted molar refractivity (Wildman–Crippen MR) is 93.5 cm³/mol. The van der Waals surface area contributed by atoms with Gasteiger partial charge in [0.15, 0.2) is 0 Å². The van der Waals surface area contributed by atoms with E-state index in [1.165, 1.54) is 32.6 Å². The monoisotopic (exact) mass is 398 g/mol. The number of carboxylic acid groups (broad SMARTS) is 1. The van der Waals surface area contributed by atoms with Gasteiger partial charge in [-0.3, -0.25) is 9.48 Å². The summed E-state index contributed by atoms with van der Waals surface area (Å²) in [4.78, 5) is 25.0. The Hall–Kier alpha value is -2.24. The van der Waals surface area contributed by atoms with Crippen molar-refractivity contribution in [2.45, 2.75) is 17.2 Å². The Morgan fingerprint density at radius 1 is 1.19 bits per heavy atom. The van der Waals surface area contributed by atoms with Crippen molar-refractivity contribution in [2.75, 3.05) is 26.2 Å². The fourth-order valence-electron chi connectivity index (χ4n) is 2.77. The summed E-state index contributed by atoms with van der Waals surface area (Å²) in [5.41, 5.74) is 0.0321. The van der Waals surface area contributed by atoms with Gasteiger partial charge in [0.05, 0.1) is 6.54 Å². The molecular weight excluding hydrogens is 380 g/mol. The zero-order valence-electron chi connectivity index (χ0n) is 13.8. The van der Waals surface area contributed by atoms with Crippen LogP contribution >= 0.6 is 11.3 Å². The second kappa shape index (κ2) is 7.56. The van der Waals surface area contributed by atoms with Gasteiger partial charge in [-0.25, -0.2) is 13.2 Å². The SMILES string of the molecule is O=C(O)c1ccnn1CCC(=O)N1CCN(S(=O)(=O)c2cccs2)CC1. The number of rotatable bonds is 6. The van der Waals surface area contributed by atoms with Crippen molar-refractivity contribution in [3.8, 4) is 0 Å². The average molecular weight is 398 g/mol. The summed E-state index contributed by atoms with van der Waals surface area (Å²) in [6.07, 6.45) is 1.49.